The minimum Gasteiger partial charge on any atom is -0.308 e. The van der Waals surface area contributed by atoms with Gasteiger partial charge in [0.25, 0.3) is 0 Å². The van der Waals surface area contributed by atoms with Gasteiger partial charge in [0, 0.05) is 22.2 Å². The lowest BCUT2D eigenvalue weighted by Crippen LogP contribution is -2.21. The average Bonchev–Trinajstić information content (AvgIpc) is 3.60. The van der Waals surface area contributed by atoms with Gasteiger partial charge < -0.3 is 4.90 Å². The Labute approximate surface area is 248 Å². The molecule has 2 aliphatic rings. The molecule has 0 fully saturated rings. The van der Waals surface area contributed by atoms with Crippen molar-refractivity contribution in [1.82, 2.24) is 9.36 Å². The second kappa shape index (κ2) is 8.95. The molecule has 1 aliphatic heterocycles. The molecule has 0 amide bonds. The molecular formula is C35H25N3O2S2. The maximum Gasteiger partial charge on any atom is 0.210 e. The van der Waals surface area contributed by atoms with Crippen LogP contribution in [0.3, 0.4) is 0 Å². The molecule has 0 spiro atoms. The van der Waals surface area contributed by atoms with Crippen LogP contribution in [0.1, 0.15) is 25.0 Å². The van der Waals surface area contributed by atoms with E-state index in [2.05, 4.69) is 56.3 Å². The van der Waals surface area contributed by atoms with E-state index in [0.717, 1.165) is 21.8 Å². The highest BCUT2D eigenvalue weighted by Crippen LogP contribution is 2.50. The lowest BCUT2D eigenvalue weighted by molar-refractivity contribution is 0.595. The first kappa shape index (κ1) is 25.1. The summed E-state index contributed by atoms with van der Waals surface area (Å²) in [5, 5.41) is 0.882. The van der Waals surface area contributed by atoms with Gasteiger partial charge in [0.05, 0.1) is 21.2 Å². The molecule has 0 radical (unpaired) electrons. The summed E-state index contributed by atoms with van der Waals surface area (Å²) in [5.74, 6) is 0.673. The third-order valence-corrected chi connectivity index (χ3v) is 11.0. The van der Waals surface area contributed by atoms with E-state index in [1.165, 1.54) is 33.8 Å². The topological polar surface area (TPSA) is 63.2 Å². The van der Waals surface area contributed by atoms with Crippen LogP contribution in [0, 0.1) is 0 Å². The average molecular weight is 584 g/mol. The number of anilines is 3. The molecule has 0 bridgehead atoms. The molecule has 1 aliphatic carbocycles. The largest absolute Gasteiger partial charge is 0.308 e. The van der Waals surface area contributed by atoms with E-state index in [0.29, 0.717) is 27.0 Å². The van der Waals surface area contributed by atoms with Crippen molar-refractivity contribution in [3.63, 3.8) is 0 Å². The number of hydrogen-bond acceptors (Lipinski definition) is 6. The SMILES string of the molecule is CC1(C)c2ccccc2-c2ccc(-c3nc(-c4ccc(N5c6ccccc6S(=O)(=O)c6ccccc65)cc4)ns3)cc21. The van der Waals surface area contributed by atoms with Crippen LogP contribution in [0.5, 0.6) is 0 Å². The van der Waals surface area contributed by atoms with E-state index < -0.39 is 9.84 Å². The van der Waals surface area contributed by atoms with Crippen LogP contribution in [0.2, 0.25) is 0 Å². The maximum absolute atomic E-state index is 13.3. The number of para-hydroxylation sites is 2. The predicted molar refractivity (Wildman–Crippen MR) is 168 cm³/mol. The highest BCUT2D eigenvalue weighted by atomic mass is 32.2. The van der Waals surface area contributed by atoms with Crippen molar-refractivity contribution < 1.29 is 8.42 Å². The van der Waals surface area contributed by atoms with E-state index in [-0.39, 0.29) is 5.41 Å². The fourth-order valence-corrected chi connectivity index (χ4v) is 8.62. The highest BCUT2D eigenvalue weighted by Gasteiger charge is 2.36. The zero-order valence-electron chi connectivity index (χ0n) is 22.9. The van der Waals surface area contributed by atoms with Crippen molar-refractivity contribution in [2.75, 3.05) is 4.90 Å². The normalized spacial score (nSPS) is 15.4. The summed E-state index contributed by atoms with van der Waals surface area (Å²) >= 11 is 1.40. The molecule has 2 heterocycles. The minimum atomic E-state index is -3.60. The molecule has 8 rings (SSSR count). The number of benzene rings is 5. The second-order valence-corrected chi connectivity index (χ2v) is 13.8. The summed E-state index contributed by atoms with van der Waals surface area (Å²) in [6, 6.07) is 37.5. The number of nitrogens with zero attached hydrogens (tertiary/aromatic N) is 3. The van der Waals surface area contributed by atoms with Crippen molar-refractivity contribution in [1.29, 1.82) is 0 Å². The first-order chi connectivity index (χ1) is 20.3. The molecule has 0 N–H and O–H groups in total. The Morgan fingerprint density at radius 1 is 0.667 bits per heavy atom. The third-order valence-electron chi connectivity index (χ3n) is 8.43. The molecule has 7 heteroatoms. The number of aromatic nitrogens is 2. The zero-order chi connectivity index (χ0) is 28.6. The molecule has 5 aromatic carbocycles. The van der Waals surface area contributed by atoms with E-state index >= 15 is 0 Å². The fourth-order valence-electron chi connectivity index (χ4n) is 6.32. The van der Waals surface area contributed by atoms with Crippen LogP contribution in [0.4, 0.5) is 17.1 Å². The summed E-state index contributed by atoms with van der Waals surface area (Å²) in [6.07, 6.45) is 0. The van der Waals surface area contributed by atoms with Crippen molar-refractivity contribution in [3.05, 3.63) is 126 Å². The van der Waals surface area contributed by atoms with Crippen LogP contribution in [0.25, 0.3) is 33.1 Å². The van der Waals surface area contributed by atoms with Crippen molar-refractivity contribution >= 4 is 38.4 Å². The lowest BCUT2D eigenvalue weighted by atomic mass is 9.82. The molecule has 0 saturated carbocycles. The number of rotatable bonds is 3. The van der Waals surface area contributed by atoms with Crippen molar-refractivity contribution in [3.8, 4) is 33.1 Å². The van der Waals surface area contributed by atoms with Crippen LogP contribution >= 0.6 is 11.5 Å². The van der Waals surface area contributed by atoms with Crippen molar-refractivity contribution in [2.24, 2.45) is 0 Å². The van der Waals surface area contributed by atoms with Gasteiger partial charge in [-0.2, -0.15) is 4.37 Å². The van der Waals surface area contributed by atoms with Gasteiger partial charge in [0.1, 0.15) is 5.01 Å². The van der Waals surface area contributed by atoms with Crippen LogP contribution in [-0.4, -0.2) is 17.8 Å². The Bertz CT molecular complexity index is 2090. The van der Waals surface area contributed by atoms with Crippen LogP contribution in [0.15, 0.2) is 125 Å². The Morgan fingerprint density at radius 3 is 1.98 bits per heavy atom. The smallest absolute Gasteiger partial charge is 0.210 e. The summed E-state index contributed by atoms with van der Waals surface area (Å²) < 4.78 is 31.4. The quantitative estimate of drug-likeness (QED) is 0.208. The summed E-state index contributed by atoms with van der Waals surface area (Å²) in [6.45, 7) is 4.56. The first-order valence-electron chi connectivity index (χ1n) is 13.8. The first-order valence-corrected chi connectivity index (χ1v) is 16.0. The molecule has 5 nitrogen and oxygen atoms in total. The minimum absolute atomic E-state index is 0.0731. The fraction of sp³-hybridized carbons (Fsp3) is 0.0857. The van der Waals surface area contributed by atoms with E-state index in [1.54, 1.807) is 24.3 Å². The van der Waals surface area contributed by atoms with E-state index in [1.807, 2.05) is 53.4 Å². The van der Waals surface area contributed by atoms with E-state index in [4.69, 9.17) is 9.36 Å². The van der Waals surface area contributed by atoms with E-state index in [9.17, 15) is 8.42 Å². The Kier molecular flexibility index (Phi) is 5.36. The molecule has 0 saturated heterocycles. The van der Waals surface area contributed by atoms with Gasteiger partial charge in [-0.25, -0.2) is 13.4 Å². The molecule has 42 heavy (non-hydrogen) atoms. The van der Waals surface area contributed by atoms with Gasteiger partial charge in [-0.05, 0) is 88.4 Å². The second-order valence-electron chi connectivity index (χ2n) is 11.2. The maximum atomic E-state index is 13.3. The van der Waals surface area contributed by atoms with Gasteiger partial charge >= 0.3 is 0 Å². The molecule has 204 valence electrons. The molecule has 0 unspecified atom stereocenters. The van der Waals surface area contributed by atoms with Gasteiger partial charge in [0.15, 0.2) is 5.82 Å². The van der Waals surface area contributed by atoms with Gasteiger partial charge in [-0.3, -0.25) is 0 Å². The molecular weight excluding hydrogens is 559 g/mol. The van der Waals surface area contributed by atoms with Crippen LogP contribution in [-0.2, 0) is 15.3 Å². The summed E-state index contributed by atoms with van der Waals surface area (Å²) in [7, 11) is -3.60. The van der Waals surface area contributed by atoms with Crippen molar-refractivity contribution in [2.45, 2.75) is 29.1 Å². The predicted octanol–water partition coefficient (Wildman–Crippen LogP) is 8.79. The number of fused-ring (bicyclic) bond motifs is 5. The van der Waals surface area contributed by atoms with Gasteiger partial charge in [-0.1, -0.05) is 74.5 Å². The lowest BCUT2D eigenvalue weighted by Gasteiger charge is -2.32. The van der Waals surface area contributed by atoms with Crippen LogP contribution < -0.4 is 4.90 Å². The van der Waals surface area contributed by atoms with Gasteiger partial charge in [-0.15, -0.1) is 0 Å². The molecule has 6 aromatic rings. The number of hydrogen-bond donors (Lipinski definition) is 0. The molecule has 1 aromatic heterocycles. The summed E-state index contributed by atoms with van der Waals surface area (Å²) in [4.78, 5) is 7.53. The Hall–Kier alpha value is -4.59. The highest BCUT2D eigenvalue weighted by molar-refractivity contribution is 7.92. The third kappa shape index (κ3) is 3.57. The monoisotopic (exact) mass is 583 g/mol. The zero-order valence-corrected chi connectivity index (χ0v) is 24.6. The summed E-state index contributed by atoms with van der Waals surface area (Å²) in [5.41, 5.74) is 9.30. The standard InChI is InChI=1S/C35H25N3O2S2/c1-35(2)27-10-4-3-9-25(27)26-20-17-23(21-28(26)35)34-36-33(37-41-34)22-15-18-24(19-16-22)38-29-11-5-7-13-31(29)42(39,40)32-14-8-6-12-30(32)38/h3-21H,1-2H3. The molecule has 0 atom stereocenters. The Balaban J connectivity index is 1.14. The van der Waals surface area contributed by atoms with Gasteiger partial charge in [0.2, 0.25) is 9.84 Å². The Morgan fingerprint density at radius 2 is 1.26 bits per heavy atom. The number of sulfone groups is 1.